The summed E-state index contributed by atoms with van der Waals surface area (Å²) in [6.07, 6.45) is 79.0. The molecule has 1 atom stereocenters. The number of rotatable bonds is 57. The van der Waals surface area contributed by atoms with Gasteiger partial charge in [-0.05, 0) is 109 Å². The number of esters is 3. The molecule has 0 N–H and O–H groups in total. The highest BCUT2D eigenvalue weighted by molar-refractivity contribution is 5.71. The number of carbonyl (C=O) groups excluding carboxylic acids is 3. The molecule has 0 fully saturated rings. The van der Waals surface area contributed by atoms with Gasteiger partial charge in [-0.15, -0.1) is 0 Å². The van der Waals surface area contributed by atoms with Gasteiger partial charge in [-0.1, -0.05) is 261 Å². The molecule has 0 heterocycles. The molecule has 0 aromatic carbocycles. The molecule has 422 valence electrons. The molecule has 0 amide bonds. The zero-order valence-electron chi connectivity index (χ0n) is 48.4. The number of hydrogen-bond acceptors (Lipinski definition) is 6. The SMILES string of the molecule is CCC/C=C\C/C=C\CCCCCCCC(=O)OCC(COC(=O)CCCCCCCCCCC/C=C\C/C=C\CCCCCCC)OC(=O)CCCCCCCCCCC/C=C\C/C=C\CCCCCCC. The van der Waals surface area contributed by atoms with Gasteiger partial charge in [0.1, 0.15) is 13.2 Å². The van der Waals surface area contributed by atoms with Gasteiger partial charge in [0.25, 0.3) is 0 Å². The molecule has 1 unspecified atom stereocenters. The van der Waals surface area contributed by atoms with Gasteiger partial charge >= 0.3 is 17.9 Å². The molecule has 6 heteroatoms. The highest BCUT2D eigenvalue weighted by Gasteiger charge is 2.19. The maximum Gasteiger partial charge on any atom is 0.306 e. The lowest BCUT2D eigenvalue weighted by atomic mass is 10.1. The van der Waals surface area contributed by atoms with Crippen LogP contribution in [0, 0.1) is 0 Å². The molecule has 0 aliphatic heterocycles. The van der Waals surface area contributed by atoms with Crippen molar-refractivity contribution in [3.05, 3.63) is 72.9 Å². The second-order valence-electron chi connectivity index (χ2n) is 21.0. The number of allylic oxidation sites excluding steroid dienone is 12. The molecule has 0 radical (unpaired) electrons. The van der Waals surface area contributed by atoms with Crippen LogP contribution in [0.3, 0.4) is 0 Å². The second-order valence-corrected chi connectivity index (χ2v) is 21.0. The maximum atomic E-state index is 12.9. The van der Waals surface area contributed by atoms with Crippen LogP contribution in [0.5, 0.6) is 0 Å². The van der Waals surface area contributed by atoms with Crippen molar-refractivity contribution in [1.82, 2.24) is 0 Å². The number of carbonyl (C=O) groups is 3. The summed E-state index contributed by atoms with van der Waals surface area (Å²) in [5.74, 6) is -0.894. The Balaban J connectivity index is 4.35. The Kier molecular flexibility index (Phi) is 58.7. The Morgan fingerprint density at radius 2 is 0.521 bits per heavy atom. The summed E-state index contributed by atoms with van der Waals surface area (Å²) in [7, 11) is 0. The first-order chi connectivity index (χ1) is 36.0. The van der Waals surface area contributed by atoms with Gasteiger partial charge in [-0.3, -0.25) is 14.4 Å². The van der Waals surface area contributed by atoms with Crippen molar-refractivity contribution in [2.45, 2.75) is 322 Å². The fraction of sp³-hybridized carbons (Fsp3) is 0.776. The van der Waals surface area contributed by atoms with Crippen LogP contribution in [0.1, 0.15) is 316 Å². The lowest BCUT2D eigenvalue weighted by Gasteiger charge is -2.18. The Morgan fingerprint density at radius 3 is 0.808 bits per heavy atom. The lowest BCUT2D eigenvalue weighted by Crippen LogP contribution is -2.30. The Labute approximate surface area is 453 Å². The average Bonchev–Trinajstić information content (AvgIpc) is 3.39. The summed E-state index contributed by atoms with van der Waals surface area (Å²) >= 11 is 0. The quantitative estimate of drug-likeness (QED) is 0.0261. The molecule has 0 bridgehead atoms. The van der Waals surface area contributed by atoms with Crippen LogP contribution in [-0.2, 0) is 28.6 Å². The van der Waals surface area contributed by atoms with Crippen LogP contribution in [0.2, 0.25) is 0 Å². The van der Waals surface area contributed by atoms with Gasteiger partial charge in [0.2, 0.25) is 0 Å². The standard InChI is InChI=1S/C67H118O6/c1-4-7-10-13-16-19-22-25-27-29-31-33-35-37-39-42-45-48-51-54-57-60-66(69)72-63-64(62-71-65(68)59-56-53-50-47-44-41-24-21-18-15-12-9-6-3)73-67(70)61-58-55-52-49-46-43-40-38-36-34-32-30-28-26-23-20-17-14-11-8-5-2/h12,15,21-26,29-32,64H,4-11,13-14,16-20,27-28,33-63H2,1-3H3/b15-12-,24-21-,25-22-,26-23-,31-29-,32-30-. The Hall–Kier alpha value is -3.15. The molecule has 0 rings (SSSR count). The first kappa shape index (κ1) is 69.8. The molecular weight excluding hydrogens is 901 g/mol. The highest BCUT2D eigenvalue weighted by atomic mass is 16.6. The fourth-order valence-electron chi connectivity index (χ4n) is 8.90. The van der Waals surface area contributed by atoms with Crippen molar-refractivity contribution in [2.24, 2.45) is 0 Å². The van der Waals surface area contributed by atoms with Crippen LogP contribution in [0.4, 0.5) is 0 Å². The van der Waals surface area contributed by atoms with E-state index >= 15 is 0 Å². The van der Waals surface area contributed by atoms with Crippen molar-refractivity contribution in [3.63, 3.8) is 0 Å². The third-order valence-corrected chi connectivity index (χ3v) is 13.6. The maximum absolute atomic E-state index is 12.9. The average molecular weight is 1020 g/mol. The van der Waals surface area contributed by atoms with Gasteiger partial charge in [0.15, 0.2) is 6.10 Å². The predicted molar refractivity (Wildman–Crippen MR) is 316 cm³/mol. The minimum Gasteiger partial charge on any atom is -0.462 e. The molecule has 6 nitrogen and oxygen atoms in total. The van der Waals surface area contributed by atoms with Gasteiger partial charge < -0.3 is 14.2 Å². The van der Waals surface area contributed by atoms with Gasteiger partial charge in [0, 0.05) is 19.3 Å². The molecule has 0 aliphatic rings. The van der Waals surface area contributed by atoms with Crippen LogP contribution in [0.15, 0.2) is 72.9 Å². The second kappa shape index (κ2) is 61.4. The van der Waals surface area contributed by atoms with E-state index in [9.17, 15) is 14.4 Å². The van der Waals surface area contributed by atoms with E-state index in [1.54, 1.807) is 0 Å². The van der Waals surface area contributed by atoms with Crippen LogP contribution in [-0.4, -0.2) is 37.2 Å². The molecule has 0 aromatic rings. The normalized spacial score (nSPS) is 12.5. The van der Waals surface area contributed by atoms with Crippen molar-refractivity contribution in [1.29, 1.82) is 0 Å². The first-order valence-corrected chi connectivity index (χ1v) is 31.4. The molecular formula is C67H118O6. The summed E-state index contributed by atoms with van der Waals surface area (Å²) in [4.78, 5) is 38.3. The van der Waals surface area contributed by atoms with Gasteiger partial charge in [-0.2, -0.15) is 0 Å². The minimum atomic E-state index is -0.786. The van der Waals surface area contributed by atoms with Crippen molar-refractivity contribution in [3.8, 4) is 0 Å². The number of unbranched alkanes of at least 4 members (excludes halogenated alkanes) is 34. The van der Waals surface area contributed by atoms with E-state index in [-0.39, 0.29) is 31.1 Å². The van der Waals surface area contributed by atoms with Crippen LogP contribution in [0.25, 0.3) is 0 Å². The topological polar surface area (TPSA) is 78.9 Å². The summed E-state index contributed by atoms with van der Waals surface area (Å²) in [5, 5.41) is 0. The predicted octanol–water partition coefficient (Wildman–Crippen LogP) is 21.3. The van der Waals surface area contributed by atoms with E-state index in [2.05, 4.69) is 93.7 Å². The lowest BCUT2D eigenvalue weighted by molar-refractivity contribution is -0.167. The van der Waals surface area contributed by atoms with Crippen LogP contribution < -0.4 is 0 Å². The van der Waals surface area contributed by atoms with Crippen molar-refractivity contribution < 1.29 is 28.6 Å². The van der Waals surface area contributed by atoms with Crippen molar-refractivity contribution >= 4 is 17.9 Å². The minimum absolute atomic E-state index is 0.0830. The zero-order valence-corrected chi connectivity index (χ0v) is 48.4. The largest absolute Gasteiger partial charge is 0.462 e. The summed E-state index contributed by atoms with van der Waals surface area (Å²) in [6, 6.07) is 0. The Bertz CT molecular complexity index is 1360. The van der Waals surface area contributed by atoms with E-state index in [1.165, 1.54) is 180 Å². The third kappa shape index (κ3) is 59.6. The van der Waals surface area contributed by atoms with Crippen molar-refractivity contribution in [2.75, 3.05) is 13.2 Å². The number of ether oxygens (including phenoxy) is 3. The summed E-state index contributed by atoms with van der Waals surface area (Å²) in [5.41, 5.74) is 0. The van der Waals surface area contributed by atoms with E-state index in [1.807, 2.05) is 0 Å². The molecule has 0 aromatic heterocycles. The monoisotopic (exact) mass is 1020 g/mol. The Morgan fingerprint density at radius 1 is 0.274 bits per heavy atom. The smallest absolute Gasteiger partial charge is 0.306 e. The van der Waals surface area contributed by atoms with Gasteiger partial charge in [-0.25, -0.2) is 0 Å². The highest BCUT2D eigenvalue weighted by Crippen LogP contribution is 2.16. The van der Waals surface area contributed by atoms with E-state index in [4.69, 9.17) is 14.2 Å². The van der Waals surface area contributed by atoms with Crippen LogP contribution >= 0.6 is 0 Å². The molecule has 0 spiro atoms. The summed E-state index contributed by atoms with van der Waals surface area (Å²) in [6.45, 7) is 6.57. The van der Waals surface area contributed by atoms with E-state index < -0.39 is 6.10 Å². The molecule has 0 aliphatic carbocycles. The van der Waals surface area contributed by atoms with E-state index in [0.717, 1.165) is 96.3 Å². The zero-order chi connectivity index (χ0) is 52.9. The summed E-state index contributed by atoms with van der Waals surface area (Å²) < 4.78 is 16.9. The first-order valence-electron chi connectivity index (χ1n) is 31.4. The molecule has 0 saturated heterocycles. The third-order valence-electron chi connectivity index (χ3n) is 13.6. The van der Waals surface area contributed by atoms with Gasteiger partial charge in [0.05, 0.1) is 0 Å². The number of hydrogen-bond donors (Lipinski definition) is 0. The fourth-order valence-corrected chi connectivity index (χ4v) is 8.90. The molecule has 73 heavy (non-hydrogen) atoms. The molecule has 0 saturated carbocycles. The van der Waals surface area contributed by atoms with E-state index in [0.29, 0.717) is 19.3 Å².